The van der Waals surface area contributed by atoms with Gasteiger partial charge in [-0.05, 0) is 59.1 Å². The number of hydrogen-bond donors (Lipinski definition) is 1. The van der Waals surface area contributed by atoms with E-state index < -0.39 is 0 Å². The van der Waals surface area contributed by atoms with Crippen LogP contribution in [0.15, 0.2) is 38.6 Å². The molecule has 1 atom stereocenters. The van der Waals surface area contributed by atoms with Gasteiger partial charge in [0.2, 0.25) is 0 Å². The number of nitrogens with one attached hydrogen (secondary N) is 1. The summed E-state index contributed by atoms with van der Waals surface area (Å²) in [6.07, 6.45) is 2.17. The second kappa shape index (κ2) is 7.74. The van der Waals surface area contributed by atoms with Gasteiger partial charge in [-0.25, -0.2) is 0 Å². The minimum atomic E-state index is 0.356. The van der Waals surface area contributed by atoms with Crippen LogP contribution in [-0.2, 0) is 6.42 Å². The van der Waals surface area contributed by atoms with E-state index >= 15 is 0 Å². The van der Waals surface area contributed by atoms with E-state index in [1.54, 1.807) is 0 Å². The van der Waals surface area contributed by atoms with Gasteiger partial charge in [0.1, 0.15) is 0 Å². The zero-order chi connectivity index (χ0) is 14.5. The third kappa shape index (κ3) is 4.17. The Bertz CT molecular complexity index is 565. The maximum atomic E-state index is 3.75. The molecule has 0 spiro atoms. The van der Waals surface area contributed by atoms with Gasteiger partial charge in [0.25, 0.3) is 0 Å². The van der Waals surface area contributed by atoms with Gasteiger partial charge in [0.15, 0.2) is 0 Å². The van der Waals surface area contributed by atoms with E-state index in [4.69, 9.17) is 0 Å². The van der Waals surface area contributed by atoms with Gasteiger partial charge in [0, 0.05) is 21.8 Å². The molecule has 4 heteroatoms. The van der Waals surface area contributed by atoms with Crippen LogP contribution in [0.2, 0.25) is 0 Å². The lowest BCUT2D eigenvalue weighted by Gasteiger charge is -2.20. The maximum absolute atomic E-state index is 3.75. The Kier molecular flexibility index (Phi) is 6.27. The molecule has 108 valence electrons. The molecule has 0 saturated heterocycles. The fourth-order valence-electron chi connectivity index (χ4n) is 2.21. The van der Waals surface area contributed by atoms with Crippen LogP contribution in [0.25, 0.3) is 0 Å². The zero-order valence-corrected chi connectivity index (χ0v) is 15.7. The summed E-state index contributed by atoms with van der Waals surface area (Å²) in [4.78, 5) is 1.40. The SMILES string of the molecule is CCCNC(Cc1ccc(Br)s1)c1cccc(C)c1Br. The first kappa shape index (κ1) is 16.2. The molecule has 1 unspecified atom stereocenters. The average molecular weight is 417 g/mol. The summed E-state index contributed by atoms with van der Waals surface area (Å²) in [5.41, 5.74) is 2.64. The normalized spacial score (nSPS) is 12.6. The average Bonchev–Trinajstić information content (AvgIpc) is 2.83. The van der Waals surface area contributed by atoms with Gasteiger partial charge in [-0.15, -0.1) is 11.3 Å². The van der Waals surface area contributed by atoms with Gasteiger partial charge in [-0.1, -0.05) is 41.1 Å². The van der Waals surface area contributed by atoms with Crippen molar-refractivity contribution in [2.45, 2.75) is 32.7 Å². The second-order valence-electron chi connectivity index (χ2n) is 4.89. The maximum Gasteiger partial charge on any atom is 0.0701 e. The van der Waals surface area contributed by atoms with Gasteiger partial charge >= 0.3 is 0 Å². The highest BCUT2D eigenvalue weighted by atomic mass is 79.9. The third-order valence-corrected chi connectivity index (χ3v) is 6.00. The summed E-state index contributed by atoms with van der Waals surface area (Å²) >= 11 is 9.11. The molecule has 0 fully saturated rings. The van der Waals surface area contributed by atoms with Gasteiger partial charge < -0.3 is 5.32 Å². The highest BCUT2D eigenvalue weighted by Gasteiger charge is 2.16. The van der Waals surface area contributed by atoms with Crippen molar-refractivity contribution in [3.63, 3.8) is 0 Å². The van der Waals surface area contributed by atoms with Gasteiger partial charge in [-0.3, -0.25) is 0 Å². The van der Waals surface area contributed by atoms with E-state index in [0.717, 1.165) is 19.4 Å². The summed E-state index contributed by atoms with van der Waals surface area (Å²) in [7, 11) is 0. The molecular weight excluding hydrogens is 398 g/mol. The number of rotatable bonds is 6. The quantitative estimate of drug-likeness (QED) is 0.621. The molecule has 1 aromatic heterocycles. The van der Waals surface area contributed by atoms with Crippen LogP contribution in [0.5, 0.6) is 0 Å². The van der Waals surface area contributed by atoms with Crippen molar-refractivity contribution >= 4 is 43.2 Å². The summed E-state index contributed by atoms with van der Waals surface area (Å²) < 4.78 is 2.43. The Hall–Kier alpha value is -0.160. The molecular formula is C16H19Br2NS. The van der Waals surface area contributed by atoms with Crippen LogP contribution in [0.4, 0.5) is 0 Å². The molecule has 0 amide bonds. The molecule has 0 radical (unpaired) electrons. The first-order valence-corrected chi connectivity index (χ1v) is 9.24. The summed E-state index contributed by atoms with van der Waals surface area (Å²) in [6, 6.07) is 11.2. The monoisotopic (exact) mass is 415 g/mol. The zero-order valence-electron chi connectivity index (χ0n) is 11.7. The predicted octanol–water partition coefficient (Wildman–Crippen LogP) is 5.86. The Labute approximate surface area is 142 Å². The van der Waals surface area contributed by atoms with Crippen molar-refractivity contribution in [3.8, 4) is 0 Å². The number of halogens is 2. The lowest BCUT2D eigenvalue weighted by atomic mass is 10.0. The smallest absolute Gasteiger partial charge is 0.0701 e. The van der Waals surface area contributed by atoms with Crippen LogP contribution in [0, 0.1) is 6.92 Å². The van der Waals surface area contributed by atoms with Crippen molar-refractivity contribution in [1.82, 2.24) is 5.32 Å². The molecule has 1 N–H and O–H groups in total. The largest absolute Gasteiger partial charge is 0.310 e. The molecule has 0 aliphatic rings. The summed E-state index contributed by atoms with van der Waals surface area (Å²) in [6.45, 7) is 5.39. The van der Waals surface area contributed by atoms with Crippen molar-refractivity contribution in [3.05, 3.63) is 54.6 Å². The van der Waals surface area contributed by atoms with Crippen LogP contribution in [0.3, 0.4) is 0 Å². The van der Waals surface area contributed by atoms with E-state index in [-0.39, 0.29) is 0 Å². The minimum absolute atomic E-state index is 0.356. The Morgan fingerprint density at radius 1 is 1.20 bits per heavy atom. The van der Waals surface area contributed by atoms with E-state index in [0.29, 0.717) is 6.04 Å². The van der Waals surface area contributed by atoms with Crippen molar-refractivity contribution in [1.29, 1.82) is 0 Å². The molecule has 1 heterocycles. The van der Waals surface area contributed by atoms with Crippen LogP contribution in [0.1, 0.15) is 35.4 Å². The molecule has 0 bridgehead atoms. The van der Waals surface area contributed by atoms with E-state index in [2.05, 4.69) is 81.4 Å². The van der Waals surface area contributed by atoms with Crippen LogP contribution >= 0.6 is 43.2 Å². The first-order chi connectivity index (χ1) is 9.61. The Morgan fingerprint density at radius 3 is 2.65 bits per heavy atom. The summed E-state index contributed by atoms with van der Waals surface area (Å²) in [5.74, 6) is 0. The van der Waals surface area contributed by atoms with E-state index in [9.17, 15) is 0 Å². The first-order valence-electron chi connectivity index (χ1n) is 6.84. The van der Waals surface area contributed by atoms with Crippen LogP contribution < -0.4 is 5.32 Å². The fourth-order valence-corrected chi connectivity index (χ4v) is 4.28. The van der Waals surface area contributed by atoms with E-state index in [1.807, 2.05) is 11.3 Å². The van der Waals surface area contributed by atoms with Gasteiger partial charge in [0.05, 0.1) is 3.79 Å². The molecule has 0 aliphatic carbocycles. The fraction of sp³-hybridized carbons (Fsp3) is 0.375. The number of hydrogen-bond acceptors (Lipinski definition) is 2. The van der Waals surface area contributed by atoms with Gasteiger partial charge in [-0.2, -0.15) is 0 Å². The highest BCUT2D eigenvalue weighted by Crippen LogP contribution is 2.31. The molecule has 2 aromatic rings. The lowest BCUT2D eigenvalue weighted by Crippen LogP contribution is -2.24. The topological polar surface area (TPSA) is 12.0 Å². The molecule has 1 nitrogen and oxygen atoms in total. The number of thiophene rings is 1. The van der Waals surface area contributed by atoms with Crippen molar-refractivity contribution < 1.29 is 0 Å². The molecule has 0 saturated carbocycles. The molecule has 2 rings (SSSR count). The predicted molar refractivity (Wildman–Crippen MR) is 95.6 cm³/mol. The highest BCUT2D eigenvalue weighted by molar-refractivity contribution is 9.11. The number of aryl methyl sites for hydroxylation is 1. The lowest BCUT2D eigenvalue weighted by molar-refractivity contribution is 0.530. The molecule has 1 aromatic carbocycles. The minimum Gasteiger partial charge on any atom is -0.310 e. The Balaban J connectivity index is 2.24. The third-order valence-electron chi connectivity index (χ3n) is 3.27. The molecule has 0 aliphatic heterocycles. The Morgan fingerprint density at radius 2 is 2.00 bits per heavy atom. The molecule has 20 heavy (non-hydrogen) atoms. The van der Waals surface area contributed by atoms with E-state index in [1.165, 1.54) is 24.3 Å². The summed E-state index contributed by atoms with van der Waals surface area (Å²) in [5, 5.41) is 3.67. The van der Waals surface area contributed by atoms with Crippen LogP contribution in [-0.4, -0.2) is 6.54 Å². The standard InChI is InChI=1S/C16H19Br2NS/c1-3-9-19-14(10-12-7-8-15(17)20-12)13-6-4-5-11(2)16(13)18/h4-8,14,19H,3,9-10H2,1-2H3. The van der Waals surface area contributed by atoms with Crippen molar-refractivity contribution in [2.75, 3.05) is 6.54 Å². The number of benzene rings is 1. The van der Waals surface area contributed by atoms with Crippen molar-refractivity contribution in [2.24, 2.45) is 0 Å². The second-order valence-corrected chi connectivity index (χ2v) is 8.24.